The van der Waals surface area contributed by atoms with E-state index in [4.69, 9.17) is 10.2 Å². The van der Waals surface area contributed by atoms with Gasteiger partial charge in [0.05, 0.1) is 17.3 Å². The van der Waals surface area contributed by atoms with Gasteiger partial charge in [0.15, 0.2) is 11.6 Å². The van der Waals surface area contributed by atoms with Crippen molar-refractivity contribution in [2.45, 2.75) is 0 Å². The van der Waals surface area contributed by atoms with E-state index in [9.17, 15) is 4.79 Å². The summed E-state index contributed by atoms with van der Waals surface area (Å²) in [5.41, 5.74) is 7.01. The zero-order valence-corrected chi connectivity index (χ0v) is 8.81. The smallest absolute Gasteiger partial charge is 0.250 e. The number of nitrogens with two attached hydrogens (primary N) is 1. The van der Waals surface area contributed by atoms with Gasteiger partial charge in [-0.2, -0.15) is 0 Å². The number of nitrogens with one attached hydrogen (secondary N) is 1. The first-order valence-corrected chi connectivity index (χ1v) is 5.08. The van der Waals surface area contributed by atoms with Crippen LogP contribution in [0.4, 0.5) is 0 Å². The number of H-pyrrole nitrogens is 1. The van der Waals surface area contributed by atoms with Crippen LogP contribution in [-0.2, 0) is 0 Å². The van der Waals surface area contributed by atoms with E-state index in [1.54, 1.807) is 30.5 Å². The molecule has 0 aliphatic heterocycles. The van der Waals surface area contributed by atoms with Crippen molar-refractivity contribution in [3.63, 3.8) is 0 Å². The molecule has 0 radical (unpaired) electrons. The van der Waals surface area contributed by atoms with Crippen LogP contribution in [0.25, 0.3) is 22.6 Å². The third-order valence-corrected chi connectivity index (χ3v) is 2.53. The number of carbonyl (C=O) groups is 1. The molecule has 0 unspecified atom stereocenters. The van der Waals surface area contributed by atoms with Gasteiger partial charge in [0.25, 0.3) is 5.91 Å². The molecule has 3 aromatic rings. The van der Waals surface area contributed by atoms with Gasteiger partial charge < -0.3 is 15.1 Å². The zero-order valence-electron chi connectivity index (χ0n) is 8.81. The van der Waals surface area contributed by atoms with Gasteiger partial charge in [0.2, 0.25) is 0 Å². The number of fused-ring (bicyclic) bond motifs is 1. The standard InChI is InChI=1S/C12H9N3O2/c13-11(16)7-3-1-4-8-10(7)15-12(14-8)9-5-2-6-17-9/h1-6H,(H2,13,16)(H,14,15). The largest absolute Gasteiger partial charge is 0.461 e. The number of furan rings is 1. The van der Waals surface area contributed by atoms with Gasteiger partial charge in [-0.15, -0.1) is 0 Å². The highest BCUT2D eigenvalue weighted by Gasteiger charge is 2.12. The third-order valence-electron chi connectivity index (χ3n) is 2.53. The van der Waals surface area contributed by atoms with Crippen LogP contribution in [0.5, 0.6) is 0 Å². The number of hydrogen-bond donors (Lipinski definition) is 2. The molecule has 0 aliphatic rings. The Labute approximate surface area is 96.3 Å². The summed E-state index contributed by atoms with van der Waals surface area (Å²) in [5, 5.41) is 0. The second-order valence-electron chi connectivity index (χ2n) is 3.63. The molecule has 5 heteroatoms. The minimum Gasteiger partial charge on any atom is -0.461 e. The molecule has 3 rings (SSSR count). The lowest BCUT2D eigenvalue weighted by Crippen LogP contribution is -2.11. The first-order chi connectivity index (χ1) is 8.25. The Balaban J connectivity index is 2.26. The van der Waals surface area contributed by atoms with Crippen molar-refractivity contribution in [1.29, 1.82) is 0 Å². The molecule has 0 bridgehead atoms. The molecule has 0 atom stereocenters. The first kappa shape index (κ1) is 9.65. The fourth-order valence-electron chi connectivity index (χ4n) is 1.76. The molecular weight excluding hydrogens is 218 g/mol. The number of aromatic amines is 1. The predicted octanol–water partition coefficient (Wildman–Crippen LogP) is 1.92. The summed E-state index contributed by atoms with van der Waals surface area (Å²) in [5.74, 6) is 0.711. The molecule has 3 N–H and O–H groups in total. The molecule has 0 spiro atoms. The van der Waals surface area contributed by atoms with Gasteiger partial charge in [-0.25, -0.2) is 4.98 Å². The van der Waals surface area contributed by atoms with Crippen LogP contribution < -0.4 is 5.73 Å². The molecule has 2 aromatic heterocycles. The maximum atomic E-state index is 11.3. The van der Waals surface area contributed by atoms with Gasteiger partial charge in [-0.05, 0) is 24.3 Å². The highest BCUT2D eigenvalue weighted by molar-refractivity contribution is 6.04. The summed E-state index contributed by atoms with van der Waals surface area (Å²) in [7, 11) is 0. The Kier molecular flexibility index (Phi) is 1.98. The van der Waals surface area contributed by atoms with Gasteiger partial charge in [0, 0.05) is 0 Å². The van der Waals surface area contributed by atoms with E-state index in [0.717, 1.165) is 5.52 Å². The van der Waals surface area contributed by atoms with Crippen LogP contribution in [0, 0.1) is 0 Å². The van der Waals surface area contributed by atoms with Gasteiger partial charge in [-0.1, -0.05) is 6.07 Å². The lowest BCUT2D eigenvalue weighted by Gasteiger charge is -1.94. The number of nitrogens with zero attached hydrogens (tertiary/aromatic N) is 1. The Morgan fingerprint density at radius 1 is 1.29 bits per heavy atom. The fraction of sp³-hybridized carbons (Fsp3) is 0. The number of hydrogen-bond acceptors (Lipinski definition) is 3. The molecule has 84 valence electrons. The summed E-state index contributed by atoms with van der Waals surface area (Å²) >= 11 is 0. The van der Waals surface area contributed by atoms with E-state index in [-0.39, 0.29) is 0 Å². The maximum Gasteiger partial charge on any atom is 0.250 e. The van der Waals surface area contributed by atoms with Crippen molar-refractivity contribution in [2.24, 2.45) is 5.73 Å². The van der Waals surface area contributed by atoms with E-state index in [1.807, 2.05) is 6.07 Å². The summed E-state index contributed by atoms with van der Waals surface area (Å²) in [6, 6.07) is 8.81. The molecule has 17 heavy (non-hydrogen) atoms. The molecule has 5 nitrogen and oxygen atoms in total. The Hall–Kier alpha value is -2.56. The summed E-state index contributed by atoms with van der Waals surface area (Å²) in [4.78, 5) is 18.7. The second-order valence-corrected chi connectivity index (χ2v) is 3.63. The van der Waals surface area contributed by atoms with Crippen molar-refractivity contribution in [1.82, 2.24) is 9.97 Å². The summed E-state index contributed by atoms with van der Waals surface area (Å²) in [6.45, 7) is 0. The normalized spacial score (nSPS) is 10.8. The van der Waals surface area contributed by atoms with E-state index in [1.165, 1.54) is 0 Å². The molecule has 2 heterocycles. The van der Waals surface area contributed by atoms with E-state index >= 15 is 0 Å². The van der Waals surface area contributed by atoms with Crippen LogP contribution in [0.1, 0.15) is 10.4 Å². The van der Waals surface area contributed by atoms with Gasteiger partial charge in [-0.3, -0.25) is 4.79 Å². The average Bonchev–Trinajstić information content (AvgIpc) is 2.96. The highest BCUT2D eigenvalue weighted by Crippen LogP contribution is 2.22. The van der Waals surface area contributed by atoms with Crippen molar-refractivity contribution >= 4 is 16.9 Å². The van der Waals surface area contributed by atoms with Crippen molar-refractivity contribution in [3.8, 4) is 11.6 Å². The number of benzene rings is 1. The first-order valence-electron chi connectivity index (χ1n) is 5.08. The minimum absolute atomic E-state index is 0.400. The van der Waals surface area contributed by atoms with Crippen LogP contribution in [0.3, 0.4) is 0 Å². The molecule has 1 aromatic carbocycles. The Morgan fingerprint density at radius 2 is 2.18 bits per heavy atom. The third kappa shape index (κ3) is 1.48. The number of para-hydroxylation sites is 1. The van der Waals surface area contributed by atoms with E-state index in [2.05, 4.69) is 9.97 Å². The topological polar surface area (TPSA) is 84.9 Å². The maximum absolute atomic E-state index is 11.3. The lowest BCUT2D eigenvalue weighted by molar-refractivity contribution is 0.100. The molecule has 0 aliphatic carbocycles. The number of primary amides is 1. The molecule has 0 fully saturated rings. The quantitative estimate of drug-likeness (QED) is 0.701. The number of aromatic nitrogens is 2. The monoisotopic (exact) mass is 227 g/mol. The Bertz CT molecular complexity index is 683. The zero-order chi connectivity index (χ0) is 11.8. The van der Waals surface area contributed by atoms with E-state index < -0.39 is 5.91 Å². The van der Waals surface area contributed by atoms with Crippen molar-refractivity contribution in [3.05, 3.63) is 42.2 Å². The molecule has 0 saturated carbocycles. The highest BCUT2D eigenvalue weighted by atomic mass is 16.3. The minimum atomic E-state index is -0.493. The van der Waals surface area contributed by atoms with Crippen LogP contribution in [-0.4, -0.2) is 15.9 Å². The van der Waals surface area contributed by atoms with E-state index in [0.29, 0.717) is 22.7 Å². The second kappa shape index (κ2) is 3.48. The Morgan fingerprint density at radius 3 is 2.88 bits per heavy atom. The fourth-order valence-corrected chi connectivity index (χ4v) is 1.76. The number of imidazole rings is 1. The number of amides is 1. The molecule has 1 amide bonds. The van der Waals surface area contributed by atoms with Crippen LogP contribution in [0.2, 0.25) is 0 Å². The van der Waals surface area contributed by atoms with Gasteiger partial charge >= 0.3 is 0 Å². The van der Waals surface area contributed by atoms with Crippen molar-refractivity contribution < 1.29 is 9.21 Å². The number of carbonyl (C=O) groups excluding carboxylic acids is 1. The summed E-state index contributed by atoms with van der Waals surface area (Å²) in [6.07, 6.45) is 1.57. The lowest BCUT2D eigenvalue weighted by atomic mass is 10.2. The molecular formula is C12H9N3O2. The van der Waals surface area contributed by atoms with Crippen molar-refractivity contribution in [2.75, 3.05) is 0 Å². The number of rotatable bonds is 2. The van der Waals surface area contributed by atoms with Crippen LogP contribution in [0.15, 0.2) is 41.0 Å². The average molecular weight is 227 g/mol. The predicted molar refractivity (Wildman–Crippen MR) is 62.3 cm³/mol. The molecule has 0 saturated heterocycles. The summed E-state index contributed by atoms with van der Waals surface area (Å²) < 4.78 is 5.24. The van der Waals surface area contributed by atoms with Crippen LogP contribution >= 0.6 is 0 Å². The SMILES string of the molecule is NC(=O)c1cccc2[nH]c(-c3ccco3)nc12. The van der Waals surface area contributed by atoms with Gasteiger partial charge in [0.1, 0.15) is 5.52 Å².